The van der Waals surface area contributed by atoms with E-state index in [4.69, 9.17) is 9.47 Å². The van der Waals surface area contributed by atoms with Gasteiger partial charge in [0, 0.05) is 18.7 Å². The molecule has 0 spiro atoms. The van der Waals surface area contributed by atoms with Crippen molar-refractivity contribution in [1.29, 1.82) is 0 Å². The molecule has 0 aromatic heterocycles. The van der Waals surface area contributed by atoms with Gasteiger partial charge in [0.25, 0.3) is 11.7 Å². The first kappa shape index (κ1) is 25.1. The highest BCUT2D eigenvalue weighted by Crippen LogP contribution is 2.41. The van der Waals surface area contributed by atoms with Crippen molar-refractivity contribution in [3.05, 3.63) is 59.2 Å². The lowest BCUT2D eigenvalue weighted by atomic mass is 9.95. The number of hydrogen-bond acceptors (Lipinski definition) is 7. The van der Waals surface area contributed by atoms with Crippen LogP contribution in [0.1, 0.15) is 31.0 Å². The van der Waals surface area contributed by atoms with Gasteiger partial charge in [-0.05, 0) is 62.0 Å². The van der Waals surface area contributed by atoms with E-state index in [0.717, 1.165) is 0 Å². The lowest BCUT2D eigenvalue weighted by Gasteiger charge is -2.27. The Hall–Kier alpha value is -3.52. The summed E-state index contributed by atoms with van der Waals surface area (Å²) in [5, 5.41) is 21.2. The summed E-state index contributed by atoms with van der Waals surface area (Å²) < 4.78 is 10.9. The summed E-state index contributed by atoms with van der Waals surface area (Å²) in [6.07, 6.45) is 0. The van der Waals surface area contributed by atoms with Crippen LogP contribution in [0.15, 0.2) is 48.0 Å². The molecule has 2 aromatic carbocycles. The van der Waals surface area contributed by atoms with Crippen LogP contribution in [0, 0.1) is 5.92 Å². The minimum absolute atomic E-state index is 0.00709. The number of benzene rings is 2. The van der Waals surface area contributed by atoms with Crippen molar-refractivity contribution < 1.29 is 29.3 Å². The second kappa shape index (κ2) is 10.6. The molecule has 2 N–H and O–H groups in total. The van der Waals surface area contributed by atoms with Crippen molar-refractivity contribution in [1.82, 2.24) is 9.80 Å². The Kier molecular flexibility index (Phi) is 7.83. The predicted octanol–water partition coefficient (Wildman–Crippen LogP) is 3.42. The van der Waals surface area contributed by atoms with Gasteiger partial charge in [-0.1, -0.05) is 19.9 Å². The van der Waals surface area contributed by atoms with Crippen LogP contribution in [0.4, 0.5) is 0 Å². The lowest BCUT2D eigenvalue weighted by molar-refractivity contribution is -0.140. The number of rotatable bonds is 9. The average Bonchev–Trinajstić information content (AvgIpc) is 3.06. The molecule has 2 aromatic rings. The number of carbonyl (C=O) groups is 2. The lowest BCUT2D eigenvalue weighted by Crippen LogP contribution is -2.35. The van der Waals surface area contributed by atoms with Gasteiger partial charge in [-0.15, -0.1) is 0 Å². The first-order valence-electron chi connectivity index (χ1n) is 11.2. The molecule has 34 heavy (non-hydrogen) atoms. The zero-order valence-corrected chi connectivity index (χ0v) is 20.2. The first-order valence-corrected chi connectivity index (χ1v) is 11.2. The molecule has 1 fully saturated rings. The third-order valence-corrected chi connectivity index (χ3v) is 5.56. The van der Waals surface area contributed by atoms with E-state index in [9.17, 15) is 19.8 Å². The topological polar surface area (TPSA) is 99.5 Å². The van der Waals surface area contributed by atoms with Crippen molar-refractivity contribution in [2.45, 2.75) is 19.9 Å². The van der Waals surface area contributed by atoms with Gasteiger partial charge in [-0.25, -0.2) is 0 Å². The standard InChI is InChI=1S/C26H32N2O6/c1-16(2)15-34-19-9-6-17(7-10-19)24(30)22-23(18-8-11-20(29)21(14-18)33-5)28(13-12-27(3)4)26(32)25(22)31/h6-11,14,16,23,29-30H,12-13,15H2,1-5H3/t23-/m0/s1. The number of carbonyl (C=O) groups excluding carboxylic acids is 2. The third-order valence-electron chi connectivity index (χ3n) is 5.56. The van der Waals surface area contributed by atoms with E-state index in [1.807, 2.05) is 32.8 Å². The summed E-state index contributed by atoms with van der Waals surface area (Å²) in [5.41, 5.74) is 0.941. The van der Waals surface area contributed by atoms with Gasteiger partial charge in [0.2, 0.25) is 0 Å². The molecule has 1 aliphatic heterocycles. The van der Waals surface area contributed by atoms with E-state index in [1.54, 1.807) is 36.4 Å². The zero-order valence-electron chi connectivity index (χ0n) is 20.2. The quantitative estimate of drug-likeness (QED) is 0.330. The highest BCUT2D eigenvalue weighted by molar-refractivity contribution is 6.46. The van der Waals surface area contributed by atoms with Crippen LogP contribution in [0.25, 0.3) is 5.76 Å². The maximum Gasteiger partial charge on any atom is 0.295 e. The van der Waals surface area contributed by atoms with Crippen LogP contribution in [0.5, 0.6) is 17.2 Å². The molecule has 0 aliphatic carbocycles. The normalized spacial score (nSPS) is 17.6. The van der Waals surface area contributed by atoms with Crippen LogP contribution in [-0.2, 0) is 9.59 Å². The second-order valence-corrected chi connectivity index (χ2v) is 8.96. The van der Waals surface area contributed by atoms with Gasteiger partial charge in [-0.3, -0.25) is 9.59 Å². The van der Waals surface area contributed by atoms with Crippen LogP contribution in [0.2, 0.25) is 0 Å². The number of aliphatic hydroxyl groups is 1. The molecule has 0 unspecified atom stereocenters. The summed E-state index contributed by atoms with van der Waals surface area (Å²) in [4.78, 5) is 29.4. The van der Waals surface area contributed by atoms with Crippen molar-refractivity contribution in [2.24, 2.45) is 5.92 Å². The Morgan fingerprint density at radius 2 is 1.79 bits per heavy atom. The number of phenols is 1. The molecule has 1 saturated heterocycles. The van der Waals surface area contributed by atoms with Gasteiger partial charge in [-0.2, -0.15) is 0 Å². The molecule has 182 valence electrons. The largest absolute Gasteiger partial charge is 0.507 e. The summed E-state index contributed by atoms with van der Waals surface area (Å²) in [5.74, 6) is -0.537. The van der Waals surface area contributed by atoms with Gasteiger partial charge in [0.1, 0.15) is 11.5 Å². The molecule has 1 heterocycles. The summed E-state index contributed by atoms with van der Waals surface area (Å²) >= 11 is 0. The Morgan fingerprint density at radius 3 is 2.38 bits per heavy atom. The van der Waals surface area contributed by atoms with E-state index in [-0.39, 0.29) is 29.4 Å². The Morgan fingerprint density at radius 1 is 1.12 bits per heavy atom. The third kappa shape index (κ3) is 5.34. The number of ether oxygens (including phenoxy) is 2. The Bertz CT molecular complexity index is 1080. The SMILES string of the molecule is COc1cc([C@H]2C(=C(O)c3ccc(OCC(C)C)cc3)C(=O)C(=O)N2CCN(C)C)ccc1O. The van der Waals surface area contributed by atoms with E-state index in [0.29, 0.717) is 35.9 Å². The minimum atomic E-state index is -0.827. The number of ketones is 1. The van der Waals surface area contributed by atoms with Gasteiger partial charge in [0.05, 0.1) is 25.3 Å². The van der Waals surface area contributed by atoms with Crippen molar-refractivity contribution in [2.75, 3.05) is 40.9 Å². The fourth-order valence-electron chi connectivity index (χ4n) is 3.76. The monoisotopic (exact) mass is 468 g/mol. The van der Waals surface area contributed by atoms with E-state index < -0.39 is 17.7 Å². The fraction of sp³-hybridized carbons (Fsp3) is 0.385. The second-order valence-electron chi connectivity index (χ2n) is 8.96. The van der Waals surface area contributed by atoms with Crippen LogP contribution >= 0.6 is 0 Å². The van der Waals surface area contributed by atoms with Gasteiger partial charge >= 0.3 is 0 Å². The van der Waals surface area contributed by atoms with Crippen molar-refractivity contribution in [3.8, 4) is 17.2 Å². The number of hydrogen-bond donors (Lipinski definition) is 2. The van der Waals surface area contributed by atoms with Crippen LogP contribution in [0.3, 0.4) is 0 Å². The molecule has 8 heteroatoms. The number of amides is 1. The molecular weight excluding hydrogens is 436 g/mol. The minimum Gasteiger partial charge on any atom is -0.507 e. The van der Waals surface area contributed by atoms with E-state index >= 15 is 0 Å². The molecule has 1 aliphatic rings. The van der Waals surface area contributed by atoms with Gasteiger partial charge < -0.3 is 29.5 Å². The Balaban J connectivity index is 2.07. The first-order chi connectivity index (χ1) is 16.1. The number of likely N-dealkylation sites (tertiary alicyclic amines) is 1. The predicted molar refractivity (Wildman–Crippen MR) is 129 cm³/mol. The molecule has 0 bridgehead atoms. The number of aliphatic hydroxyl groups excluding tert-OH is 1. The number of likely N-dealkylation sites (N-methyl/N-ethyl adjacent to an activating group) is 1. The maximum atomic E-state index is 13.1. The van der Waals surface area contributed by atoms with E-state index in [1.165, 1.54) is 18.1 Å². The maximum absolute atomic E-state index is 13.1. The smallest absolute Gasteiger partial charge is 0.295 e. The highest BCUT2D eigenvalue weighted by atomic mass is 16.5. The summed E-state index contributed by atoms with van der Waals surface area (Å²) in [7, 11) is 5.17. The Labute approximate surface area is 200 Å². The zero-order chi connectivity index (χ0) is 25.0. The van der Waals surface area contributed by atoms with E-state index in [2.05, 4.69) is 0 Å². The molecule has 0 saturated carbocycles. The fourth-order valence-corrected chi connectivity index (χ4v) is 3.76. The molecule has 8 nitrogen and oxygen atoms in total. The molecule has 1 amide bonds. The van der Waals surface area contributed by atoms with Crippen LogP contribution in [-0.4, -0.2) is 72.6 Å². The molecule has 0 radical (unpaired) electrons. The number of Topliss-reactive ketones (excluding diaryl/α,β-unsaturated/α-hetero) is 1. The van der Waals surface area contributed by atoms with Gasteiger partial charge in [0.15, 0.2) is 11.5 Å². The van der Waals surface area contributed by atoms with Crippen LogP contribution < -0.4 is 9.47 Å². The number of methoxy groups -OCH3 is 1. The average molecular weight is 469 g/mol. The molecular formula is C26H32N2O6. The molecule has 1 atom stereocenters. The highest BCUT2D eigenvalue weighted by Gasteiger charge is 2.46. The number of phenolic OH excluding ortho intramolecular Hbond substituents is 1. The number of aromatic hydroxyl groups is 1. The summed E-state index contributed by atoms with van der Waals surface area (Å²) in [6, 6.07) is 10.6. The summed E-state index contributed by atoms with van der Waals surface area (Å²) in [6.45, 7) is 5.47. The molecule has 3 rings (SSSR count). The van der Waals surface area contributed by atoms with Crippen molar-refractivity contribution in [3.63, 3.8) is 0 Å². The number of nitrogens with zero attached hydrogens (tertiary/aromatic N) is 2. The van der Waals surface area contributed by atoms with Crippen molar-refractivity contribution >= 4 is 17.4 Å².